The Bertz CT molecular complexity index is 363. The van der Waals surface area contributed by atoms with Gasteiger partial charge in [0.1, 0.15) is 11.6 Å². The van der Waals surface area contributed by atoms with Crippen LogP contribution in [0.1, 0.15) is 13.8 Å². The molecule has 1 aromatic carbocycles. The Morgan fingerprint density at radius 2 is 1.47 bits per heavy atom. The van der Waals surface area contributed by atoms with Crippen molar-refractivity contribution in [3.8, 4) is 5.75 Å². The summed E-state index contributed by atoms with van der Waals surface area (Å²) in [5, 5.41) is 0. The van der Waals surface area contributed by atoms with Gasteiger partial charge >= 0.3 is 0 Å². The molecule has 6 heteroatoms. The number of halogens is 4. The van der Waals surface area contributed by atoms with Crippen molar-refractivity contribution in [2.45, 2.75) is 20.0 Å². The zero-order valence-electron chi connectivity index (χ0n) is 8.07. The van der Waals surface area contributed by atoms with E-state index in [9.17, 15) is 17.6 Å². The van der Waals surface area contributed by atoms with Gasteiger partial charge in [-0.1, -0.05) is 0 Å². The van der Waals surface area contributed by atoms with Gasteiger partial charge in [-0.3, -0.25) is 0 Å². The first-order valence-corrected chi connectivity index (χ1v) is 4.14. The van der Waals surface area contributed by atoms with E-state index >= 15 is 0 Å². The second kappa shape index (κ2) is 4.12. The molecule has 0 aliphatic heterocycles. The number of hydrogen-bond donors (Lipinski definition) is 0. The Morgan fingerprint density at radius 3 is 1.93 bits per heavy atom. The number of benzene rings is 1. The minimum absolute atomic E-state index is 0.585. The van der Waals surface area contributed by atoms with Crippen LogP contribution in [0, 0.1) is 23.3 Å². The lowest BCUT2D eigenvalue weighted by Crippen LogP contribution is -2.21. The molecular formula is C9H7BF4O-. The first-order chi connectivity index (χ1) is 6.86. The van der Waals surface area contributed by atoms with E-state index in [1.165, 1.54) is 13.8 Å². The lowest BCUT2D eigenvalue weighted by molar-refractivity contribution is 0.215. The van der Waals surface area contributed by atoms with Crippen LogP contribution in [-0.2, 0) is 0 Å². The quantitative estimate of drug-likeness (QED) is 0.318. The monoisotopic (exact) mass is 218 g/mol. The zero-order chi connectivity index (χ0) is 11.7. The first-order valence-electron chi connectivity index (χ1n) is 4.14. The van der Waals surface area contributed by atoms with Crippen LogP contribution in [0.3, 0.4) is 0 Å². The summed E-state index contributed by atoms with van der Waals surface area (Å²) >= 11 is 0. The number of hydrogen-bond acceptors (Lipinski definition) is 1. The molecular weight excluding hydrogens is 211 g/mol. The van der Waals surface area contributed by atoms with E-state index in [0.29, 0.717) is 0 Å². The fraction of sp³-hybridized carbons (Fsp3) is 0.333. The molecule has 0 unspecified atom stereocenters. The summed E-state index contributed by atoms with van der Waals surface area (Å²) in [6, 6.07) is 0. The molecule has 1 aromatic rings. The van der Waals surface area contributed by atoms with Crippen molar-refractivity contribution >= 4 is 13.3 Å². The SMILES string of the molecule is [B-]c1c(F)c(F)c(F)c(OC(C)C)c1F. The molecule has 15 heavy (non-hydrogen) atoms. The van der Waals surface area contributed by atoms with E-state index in [4.69, 9.17) is 7.85 Å². The Labute approximate surface area is 85.5 Å². The largest absolute Gasteiger partial charge is 0.572 e. The van der Waals surface area contributed by atoms with Gasteiger partial charge in [-0.05, 0) is 13.8 Å². The third-order valence-corrected chi connectivity index (χ3v) is 1.61. The van der Waals surface area contributed by atoms with E-state index < -0.39 is 40.6 Å². The summed E-state index contributed by atoms with van der Waals surface area (Å²) in [4.78, 5) is 0. The van der Waals surface area contributed by atoms with Gasteiger partial charge in [-0.15, -0.1) is 0 Å². The van der Waals surface area contributed by atoms with Crippen LogP contribution in [-0.4, -0.2) is 14.0 Å². The lowest BCUT2D eigenvalue weighted by Gasteiger charge is -2.18. The molecule has 0 atom stereocenters. The second-order valence-electron chi connectivity index (χ2n) is 3.17. The molecule has 1 rings (SSSR count). The first kappa shape index (κ1) is 11.9. The number of rotatable bonds is 2. The van der Waals surface area contributed by atoms with Crippen LogP contribution in [0.2, 0.25) is 0 Å². The van der Waals surface area contributed by atoms with Crippen LogP contribution in [0.25, 0.3) is 0 Å². The maximum atomic E-state index is 13.2. The summed E-state index contributed by atoms with van der Waals surface area (Å²) in [5.41, 5.74) is -1.09. The normalized spacial score (nSPS) is 10.9. The molecule has 0 fully saturated rings. The van der Waals surface area contributed by atoms with Gasteiger partial charge in [0.2, 0.25) is 5.82 Å². The molecule has 0 aliphatic carbocycles. The zero-order valence-corrected chi connectivity index (χ0v) is 8.07. The Hall–Kier alpha value is -1.20. The molecule has 0 aromatic heterocycles. The predicted molar refractivity (Wildman–Crippen MR) is 47.4 cm³/mol. The van der Waals surface area contributed by atoms with Gasteiger partial charge < -0.3 is 12.6 Å². The van der Waals surface area contributed by atoms with Gasteiger partial charge in [-0.2, -0.15) is 4.39 Å². The molecule has 0 saturated heterocycles. The molecule has 0 spiro atoms. The highest BCUT2D eigenvalue weighted by molar-refractivity contribution is 6.32. The van der Waals surface area contributed by atoms with Gasteiger partial charge in [0.15, 0.2) is 11.6 Å². The molecule has 0 saturated carbocycles. The minimum atomic E-state index is -1.84. The van der Waals surface area contributed by atoms with E-state index in [2.05, 4.69) is 4.74 Å². The Balaban J connectivity index is 3.39. The fourth-order valence-corrected chi connectivity index (χ4v) is 0.968. The molecule has 81 valence electrons. The summed E-state index contributed by atoms with van der Waals surface area (Å²) in [5.74, 6) is -7.74. The van der Waals surface area contributed by atoms with Crippen LogP contribution in [0.5, 0.6) is 5.75 Å². The highest BCUT2D eigenvalue weighted by Gasteiger charge is 2.20. The minimum Gasteiger partial charge on any atom is -0.572 e. The van der Waals surface area contributed by atoms with E-state index in [-0.39, 0.29) is 0 Å². The van der Waals surface area contributed by atoms with Crippen molar-refractivity contribution in [1.82, 2.24) is 0 Å². The van der Waals surface area contributed by atoms with Crippen molar-refractivity contribution in [2.24, 2.45) is 0 Å². The molecule has 0 amide bonds. The van der Waals surface area contributed by atoms with Crippen LogP contribution in [0.15, 0.2) is 0 Å². The summed E-state index contributed by atoms with van der Waals surface area (Å²) in [6.07, 6.45) is -0.585. The Kier molecular flexibility index (Phi) is 3.26. The predicted octanol–water partition coefficient (Wildman–Crippen LogP) is 1.82. The summed E-state index contributed by atoms with van der Waals surface area (Å²) in [7, 11) is 4.89. The van der Waals surface area contributed by atoms with Gasteiger partial charge in [0.25, 0.3) is 0 Å². The summed E-state index contributed by atoms with van der Waals surface area (Å²) in [6.45, 7) is 2.96. The molecule has 3 radical (unpaired) electrons. The van der Waals surface area contributed by atoms with E-state index in [1.54, 1.807) is 0 Å². The van der Waals surface area contributed by atoms with Crippen molar-refractivity contribution in [2.75, 3.05) is 0 Å². The highest BCUT2D eigenvalue weighted by Crippen LogP contribution is 2.25. The van der Waals surface area contributed by atoms with Crippen molar-refractivity contribution < 1.29 is 22.3 Å². The van der Waals surface area contributed by atoms with Gasteiger partial charge in [-0.25, -0.2) is 18.6 Å². The third kappa shape index (κ3) is 2.08. The standard InChI is InChI=1S/C9H7BF4O/c1-3(2)15-9-6(12)4(10)5(11)7(13)8(9)14/h3H,1-2H3/q-1. The van der Waals surface area contributed by atoms with E-state index in [1.807, 2.05) is 0 Å². The highest BCUT2D eigenvalue weighted by atomic mass is 19.2. The average molecular weight is 218 g/mol. The van der Waals surface area contributed by atoms with Gasteiger partial charge in [0, 0.05) is 0 Å². The number of ether oxygens (including phenoxy) is 1. The van der Waals surface area contributed by atoms with Crippen molar-refractivity contribution in [3.05, 3.63) is 23.3 Å². The second-order valence-corrected chi connectivity index (χ2v) is 3.17. The topological polar surface area (TPSA) is 9.23 Å². The van der Waals surface area contributed by atoms with Crippen molar-refractivity contribution in [1.29, 1.82) is 0 Å². The molecule has 0 aliphatic rings. The fourth-order valence-electron chi connectivity index (χ4n) is 0.968. The Morgan fingerprint density at radius 1 is 0.933 bits per heavy atom. The molecule has 0 N–H and O–H groups in total. The van der Waals surface area contributed by atoms with E-state index in [0.717, 1.165) is 0 Å². The summed E-state index contributed by atoms with van der Waals surface area (Å²) < 4.78 is 56.4. The average Bonchev–Trinajstić information content (AvgIpc) is 2.18. The maximum absolute atomic E-state index is 13.2. The van der Waals surface area contributed by atoms with Crippen LogP contribution in [0.4, 0.5) is 17.6 Å². The van der Waals surface area contributed by atoms with Gasteiger partial charge in [0.05, 0.1) is 6.10 Å². The molecule has 0 heterocycles. The van der Waals surface area contributed by atoms with Crippen LogP contribution < -0.4 is 10.2 Å². The van der Waals surface area contributed by atoms with Crippen LogP contribution >= 0.6 is 0 Å². The van der Waals surface area contributed by atoms with Crippen molar-refractivity contribution in [3.63, 3.8) is 0 Å². The maximum Gasteiger partial charge on any atom is 0.206 e. The molecule has 0 bridgehead atoms. The third-order valence-electron chi connectivity index (χ3n) is 1.61. The molecule has 1 nitrogen and oxygen atoms in total. The smallest absolute Gasteiger partial charge is 0.206 e. The lowest BCUT2D eigenvalue weighted by atomic mass is 9.94.